The van der Waals surface area contributed by atoms with E-state index in [9.17, 15) is 4.79 Å². The largest absolute Gasteiger partial charge is 0.488 e. The third-order valence-electron chi connectivity index (χ3n) is 3.05. The van der Waals surface area contributed by atoms with Crippen LogP contribution in [0.3, 0.4) is 0 Å². The number of carbonyl (C=O) groups is 1. The fourth-order valence-electron chi connectivity index (χ4n) is 1.92. The summed E-state index contributed by atoms with van der Waals surface area (Å²) >= 11 is 0. The third-order valence-corrected chi connectivity index (χ3v) is 4.68. The van der Waals surface area contributed by atoms with E-state index in [0.29, 0.717) is 17.9 Å². The van der Waals surface area contributed by atoms with Crippen molar-refractivity contribution in [2.45, 2.75) is 26.2 Å². The van der Waals surface area contributed by atoms with Gasteiger partial charge in [0.15, 0.2) is 0 Å². The lowest BCUT2D eigenvalue weighted by Crippen LogP contribution is -2.33. The lowest BCUT2D eigenvalue weighted by atomic mass is 10.2. The Hall–Kier alpha value is -1.87. The van der Waals surface area contributed by atoms with Crippen molar-refractivity contribution in [1.82, 2.24) is 0 Å². The number of benzene rings is 2. The highest BCUT2D eigenvalue weighted by Gasteiger charge is 2.27. The minimum atomic E-state index is -1.86. The molecule has 20 heavy (non-hydrogen) atoms. The van der Waals surface area contributed by atoms with Gasteiger partial charge >= 0.3 is 0 Å². The van der Waals surface area contributed by atoms with Crippen LogP contribution in [0.15, 0.2) is 54.6 Å². The Morgan fingerprint density at radius 2 is 1.55 bits per heavy atom. The van der Waals surface area contributed by atoms with Gasteiger partial charge in [0.25, 0.3) is 0 Å². The summed E-state index contributed by atoms with van der Waals surface area (Å²) in [5, 5.41) is 0.237. The first-order chi connectivity index (χ1) is 9.48. The molecule has 0 aliphatic heterocycles. The van der Waals surface area contributed by atoms with Crippen LogP contribution in [0, 0.1) is 0 Å². The Bertz CT molecular complexity index is 585. The third kappa shape index (κ3) is 3.58. The molecule has 0 N–H and O–H groups in total. The molecular weight excluding hydrogens is 264 g/mol. The van der Waals surface area contributed by atoms with E-state index in [1.807, 2.05) is 54.6 Å². The number of hydrogen-bond acceptors (Lipinski definition) is 2. The molecule has 0 atom stereocenters. The maximum Gasteiger partial charge on any atom is 0.143 e. The number of rotatable bonds is 5. The minimum Gasteiger partial charge on any atom is -0.488 e. The van der Waals surface area contributed by atoms with Gasteiger partial charge in [0.05, 0.1) is 5.56 Å². The van der Waals surface area contributed by atoms with Gasteiger partial charge < -0.3 is 4.74 Å². The average Bonchev–Trinajstić information content (AvgIpc) is 2.45. The van der Waals surface area contributed by atoms with Gasteiger partial charge in [-0.15, -0.1) is 0 Å². The molecule has 2 nitrogen and oxygen atoms in total. The van der Waals surface area contributed by atoms with E-state index in [-0.39, 0.29) is 5.41 Å². The smallest absolute Gasteiger partial charge is 0.143 e. The van der Waals surface area contributed by atoms with E-state index in [1.54, 1.807) is 0 Å². The van der Waals surface area contributed by atoms with Crippen molar-refractivity contribution < 1.29 is 9.53 Å². The Morgan fingerprint density at radius 3 is 2.20 bits per heavy atom. The van der Waals surface area contributed by atoms with Crippen LogP contribution >= 0.6 is 0 Å². The van der Waals surface area contributed by atoms with E-state index >= 15 is 0 Å². The first-order valence-corrected chi connectivity index (χ1v) is 10.3. The van der Waals surface area contributed by atoms with Crippen LogP contribution in [0.2, 0.25) is 19.6 Å². The maximum absolute atomic E-state index is 12.5. The summed E-state index contributed by atoms with van der Waals surface area (Å²) in [4.78, 5) is 12.5. The zero-order chi connectivity index (χ0) is 14.6. The maximum atomic E-state index is 12.5. The van der Waals surface area contributed by atoms with Crippen molar-refractivity contribution in [3.05, 3.63) is 65.7 Å². The molecule has 0 aliphatic carbocycles. The number of carbonyl (C=O) groups excluding carboxylic acids is 1. The van der Waals surface area contributed by atoms with Gasteiger partial charge in [-0.2, -0.15) is 0 Å². The number of hydrogen-bond donors (Lipinski definition) is 0. The molecule has 0 saturated carbocycles. The summed E-state index contributed by atoms with van der Waals surface area (Å²) in [5.74, 6) is 0.684. The zero-order valence-corrected chi connectivity index (χ0v) is 13.2. The normalized spacial score (nSPS) is 11.2. The van der Waals surface area contributed by atoms with Crippen molar-refractivity contribution in [3.8, 4) is 5.75 Å². The Kier molecular flexibility index (Phi) is 4.40. The Labute approximate surface area is 121 Å². The zero-order valence-electron chi connectivity index (χ0n) is 12.2. The second kappa shape index (κ2) is 6.05. The molecule has 2 aromatic carbocycles. The number of ether oxygens (including phenoxy) is 1. The second-order valence-electron chi connectivity index (χ2n) is 5.85. The molecule has 2 aromatic rings. The van der Waals surface area contributed by atoms with Crippen molar-refractivity contribution >= 4 is 13.5 Å². The quantitative estimate of drug-likeness (QED) is 0.764. The second-order valence-corrected chi connectivity index (χ2v) is 10.8. The van der Waals surface area contributed by atoms with Crippen LogP contribution in [0.5, 0.6) is 5.75 Å². The van der Waals surface area contributed by atoms with Crippen LogP contribution in [-0.4, -0.2) is 13.5 Å². The standard InChI is InChI=1S/C17H20O2Si/c1-20(2,3)17(18)15-11-7-8-12-16(15)19-13-14-9-5-4-6-10-14/h4-12H,13H2,1-3H3. The SMILES string of the molecule is C[Si](C)(C)C(=O)c1ccccc1OCc1ccccc1. The van der Waals surface area contributed by atoms with Gasteiger partial charge in [-0.1, -0.05) is 62.1 Å². The molecule has 0 unspecified atom stereocenters. The first kappa shape index (κ1) is 14.5. The molecule has 0 radical (unpaired) electrons. The van der Waals surface area contributed by atoms with Gasteiger partial charge in [0.1, 0.15) is 25.8 Å². The molecule has 0 amide bonds. The first-order valence-electron chi connectivity index (χ1n) is 6.79. The van der Waals surface area contributed by atoms with Gasteiger partial charge in [0.2, 0.25) is 0 Å². The number of para-hydroxylation sites is 1. The molecule has 0 aromatic heterocycles. The highest BCUT2D eigenvalue weighted by molar-refractivity contribution is 7.05. The summed E-state index contributed by atoms with van der Waals surface area (Å²) in [6.45, 7) is 6.66. The van der Waals surface area contributed by atoms with Gasteiger partial charge in [-0.05, 0) is 17.7 Å². The van der Waals surface area contributed by atoms with Crippen LogP contribution in [0.4, 0.5) is 0 Å². The van der Waals surface area contributed by atoms with Crippen LogP contribution in [0.25, 0.3) is 0 Å². The minimum absolute atomic E-state index is 0.237. The van der Waals surface area contributed by atoms with E-state index < -0.39 is 8.07 Å². The molecule has 3 heteroatoms. The highest BCUT2D eigenvalue weighted by atomic mass is 28.3. The molecule has 2 rings (SSSR count). The Morgan fingerprint density at radius 1 is 0.950 bits per heavy atom. The summed E-state index contributed by atoms with van der Waals surface area (Å²) in [6, 6.07) is 17.5. The monoisotopic (exact) mass is 284 g/mol. The fourth-order valence-corrected chi connectivity index (χ4v) is 2.93. The predicted molar refractivity (Wildman–Crippen MR) is 84.9 cm³/mol. The van der Waals surface area contributed by atoms with Crippen LogP contribution in [-0.2, 0) is 6.61 Å². The topological polar surface area (TPSA) is 26.3 Å². The van der Waals surface area contributed by atoms with Crippen molar-refractivity contribution in [2.24, 2.45) is 0 Å². The Balaban J connectivity index is 2.19. The average molecular weight is 284 g/mol. The van der Waals surface area contributed by atoms with Crippen molar-refractivity contribution in [1.29, 1.82) is 0 Å². The molecule has 104 valence electrons. The molecule has 0 saturated heterocycles. The van der Waals surface area contributed by atoms with Gasteiger partial charge in [-0.25, -0.2) is 0 Å². The lowest BCUT2D eigenvalue weighted by Gasteiger charge is -2.17. The summed E-state index contributed by atoms with van der Waals surface area (Å²) in [5.41, 5.74) is 1.81. The molecular formula is C17H20O2Si. The van der Waals surface area contributed by atoms with E-state index in [1.165, 1.54) is 0 Å². The molecule has 0 fully saturated rings. The predicted octanol–water partition coefficient (Wildman–Crippen LogP) is 4.33. The molecule has 0 spiro atoms. The van der Waals surface area contributed by atoms with E-state index in [4.69, 9.17) is 4.74 Å². The highest BCUT2D eigenvalue weighted by Crippen LogP contribution is 2.23. The summed E-state index contributed by atoms with van der Waals surface area (Å²) in [7, 11) is -1.86. The fraction of sp³-hybridized carbons (Fsp3) is 0.235. The van der Waals surface area contributed by atoms with E-state index in [0.717, 1.165) is 5.56 Å². The van der Waals surface area contributed by atoms with Gasteiger partial charge in [0, 0.05) is 0 Å². The molecule has 0 aliphatic rings. The molecule has 0 bridgehead atoms. The summed E-state index contributed by atoms with van der Waals surface area (Å²) < 4.78 is 5.84. The van der Waals surface area contributed by atoms with Crippen LogP contribution in [0.1, 0.15) is 15.9 Å². The van der Waals surface area contributed by atoms with Crippen molar-refractivity contribution in [2.75, 3.05) is 0 Å². The van der Waals surface area contributed by atoms with E-state index in [2.05, 4.69) is 19.6 Å². The van der Waals surface area contributed by atoms with Gasteiger partial charge in [-0.3, -0.25) is 4.79 Å². The summed E-state index contributed by atoms with van der Waals surface area (Å²) in [6.07, 6.45) is 0. The van der Waals surface area contributed by atoms with Crippen LogP contribution < -0.4 is 4.74 Å². The lowest BCUT2D eigenvalue weighted by molar-refractivity contribution is 0.106. The molecule has 0 heterocycles. The van der Waals surface area contributed by atoms with Crippen molar-refractivity contribution in [3.63, 3.8) is 0 Å².